The fourth-order valence-corrected chi connectivity index (χ4v) is 5.98. The van der Waals surface area contributed by atoms with Crippen LogP contribution in [-0.4, -0.2) is 58.0 Å². The summed E-state index contributed by atoms with van der Waals surface area (Å²) in [4.78, 5) is 23.2. The van der Waals surface area contributed by atoms with Gasteiger partial charge in [0.1, 0.15) is 0 Å². The number of nitrogens with one attached hydrogen (secondary N) is 3. The van der Waals surface area contributed by atoms with Crippen LogP contribution in [0.4, 0.5) is 27.9 Å². The molecule has 0 radical (unpaired) electrons. The largest absolute Gasteiger partial charge is 0.453 e. The molecule has 3 atom stereocenters. The predicted octanol–water partition coefficient (Wildman–Crippen LogP) is 2.58. The molecule has 1 aliphatic heterocycles. The number of amides is 1. The second-order valence-corrected chi connectivity index (χ2v) is 10.8. The molecule has 3 aliphatic rings. The number of halogens is 1. The molecule has 3 heterocycles. The number of anilines is 4. The first-order valence-electron chi connectivity index (χ1n) is 13.1. The number of nitrogens with two attached hydrogens (primary N) is 2. The number of ether oxygens (including phenoxy) is 1. The number of alkyl carbamates (subject to hydrolysis) is 1. The van der Waals surface area contributed by atoms with E-state index in [1.807, 2.05) is 6.07 Å². The van der Waals surface area contributed by atoms with Crippen LogP contribution < -0.4 is 32.3 Å². The minimum absolute atomic E-state index is 0.148. The number of aromatic nitrogens is 4. The molecular weight excluding hydrogens is 508 g/mol. The lowest BCUT2D eigenvalue weighted by Gasteiger charge is -2.24. The number of hydrogen-bond donors (Lipinski definition) is 5. The van der Waals surface area contributed by atoms with Gasteiger partial charge in [0, 0.05) is 38.3 Å². The van der Waals surface area contributed by atoms with Crippen molar-refractivity contribution in [2.75, 3.05) is 35.7 Å². The van der Waals surface area contributed by atoms with Crippen molar-refractivity contribution >= 4 is 46.5 Å². The van der Waals surface area contributed by atoms with Gasteiger partial charge in [-0.15, -0.1) is 5.10 Å². The van der Waals surface area contributed by atoms with Crippen LogP contribution in [0.25, 0.3) is 5.65 Å². The molecule has 13 heteroatoms. The first-order valence-corrected chi connectivity index (χ1v) is 13.4. The van der Waals surface area contributed by atoms with E-state index < -0.39 is 0 Å². The molecule has 7 N–H and O–H groups in total. The second kappa shape index (κ2) is 10.1. The molecule has 1 saturated heterocycles. The van der Waals surface area contributed by atoms with E-state index >= 15 is 0 Å². The highest BCUT2D eigenvalue weighted by Gasteiger charge is 2.42. The van der Waals surface area contributed by atoms with Crippen molar-refractivity contribution in [1.82, 2.24) is 24.9 Å². The Morgan fingerprint density at radius 2 is 1.92 bits per heavy atom. The van der Waals surface area contributed by atoms with Crippen molar-refractivity contribution in [3.63, 3.8) is 0 Å². The molecule has 3 fully saturated rings. The minimum Gasteiger partial charge on any atom is -0.453 e. The van der Waals surface area contributed by atoms with Crippen LogP contribution in [0.3, 0.4) is 0 Å². The zero-order chi connectivity index (χ0) is 26.4. The topological polar surface area (TPSA) is 161 Å². The highest BCUT2D eigenvalue weighted by atomic mass is 35.5. The Morgan fingerprint density at radius 1 is 1.16 bits per heavy atom. The highest BCUT2D eigenvalue weighted by Crippen LogP contribution is 2.44. The standard InChI is InChI=1S/C25H33ClN10O2/c1-38-25(37)31-17-6-14-11-35(12-15(14)7-17)20-5-13(8-27)4-19(21(20)26)32-24-33-22(30-16-2-3-16)23-29-10-18(9-28)36(23)34-24/h4-5,10,14-17H,2-3,6-9,11-12,27-28H2,1H3,(H,31,37)(H2,30,32,33,34)/t14-,15+,17?. The van der Waals surface area contributed by atoms with Crippen molar-refractivity contribution in [2.24, 2.45) is 23.3 Å². The third kappa shape index (κ3) is 4.79. The van der Waals surface area contributed by atoms with E-state index in [9.17, 15) is 4.79 Å². The van der Waals surface area contributed by atoms with Crippen LogP contribution in [0, 0.1) is 11.8 Å². The number of imidazole rings is 1. The van der Waals surface area contributed by atoms with Gasteiger partial charge in [-0.2, -0.15) is 4.98 Å². The van der Waals surface area contributed by atoms with Crippen LogP contribution in [0.15, 0.2) is 18.3 Å². The number of rotatable bonds is 8. The van der Waals surface area contributed by atoms with E-state index in [4.69, 9.17) is 32.8 Å². The van der Waals surface area contributed by atoms with Gasteiger partial charge < -0.3 is 37.1 Å². The number of hydrogen-bond acceptors (Lipinski definition) is 10. The van der Waals surface area contributed by atoms with E-state index in [2.05, 4.69) is 37.0 Å². The number of methoxy groups -OCH3 is 1. The molecule has 202 valence electrons. The summed E-state index contributed by atoms with van der Waals surface area (Å²) >= 11 is 7.00. The SMILES string of the molecule is COC(=O)NC1C[C@@H]2CN(c3cc(CN)cc(Nc4nc(NC5CC5)c5ncc(CN)n5n4)c3Cl)C[C@@H]2C1. The second-order valence-electron chi connectivity index (χ2n) is 10.4. The minimum atomic E-state index is -0.369. The van der Waals surface area contributed by atoms with Crippen molar-refractivity contribution in [1.29, 1.82) is 0 Å². The molecule has 3 aromatic rings. The molecule has 1 unspecified atom stereocenters. The average Bonchev–Trinajstić information content (AvgIpc) is 3.31. The lowest BCUT2D eigenvalue weighted by molar-refractivity contribution is 0.166. The van der Waals surface area contributed by atoms with Crippen LogP contribution in [-0.2, 0) is 17.8 Å². The number of nitrogens with zero attached hydrogens (tertiary/aromatic N) is 5. The summed E-state index contributed by atoms with van der Waals surface area (Å²) in [7, 11) is 1.39. The summed E-state index contributed by atoms with van der Waals surface area (Å²) < 4.78 is 6.49. The average molecular weight is 541 g/mol. The van der Waals surface area contributed by atoms with Gasteiger partial charge in [0.15, 0.2) is 11.5 Å². The maximum Gasteiger partial charge on any atom is 0.407 e. The lowest BCUT2D eigenvalue weighted by Crippen LogP contribution is -2.34. The van der Waals surface area contributed by atoms with Gasteiger partial charge >= 0.3 is 6.09 Å². The van der Waals surface area contributed by atoms with Crippen molar-refractivity contribution in [3.05, 3.63) is 34.6 Å². The fourth-order valence-electron chi connectivity index (χ4n) is 5.70. The van der Waals surface area contributed by atoms with E-state index in [0.29, 0.717) is 59.1 Å². The van der Waals surface area contributed by atoms with Gasteiger partial charge in [-0.1, -0.05) is 11.6 Å². The maximum atomic E-state index is 11.6. The maximum absolute atomic E-state index is 11.6. The molecule has 6 rings (SSSR count). The molecule has 38 heavy (non-hydrogen) atoms. The Morgan fingerprint density at radius 3 is 2.58 bits per heavy atom. The molecule has 0 bridgehead atoms. The van der Waals surface area contributed by atoms with E-state index in [0.717, 1.165) is 55.7 Å². The summed E-state index contributed by atoms with van der Waals surface area (Å²) in [6.45, 7) is 2.41. The van der Waals surface area contributed by atoms with Gasteiger partial charge in [0.05, 0.1) is 35.4 Å². The van der Waals surface area contributed by atoms with Gasteiger partial charge in [-0.3, -0.25) is 0 Å². The van der Waals surface area contributed by atoms with Crippen LogP contribution in [0.2, 0.25) is 5.02 Å². The van der Waals surface area contributed by atoms with Crippen molar-refractivity contribution in [3.8, 4) is 0 Å². The first kappa shape index (κ1) is 25.0. The van der Waals surface area contributed by atoms with Gasteiger partial charge in [0.25, 0.3) is 0 Å². The van der Waals surface area contributed by atoms with Crippen molar-refractivity contribution < 1.29 is 9.53 Å². The molecule has 1 amide bonds. The molecule has 12 nitrogen and oxygen atoms in total. The van der Waals surface area contributed by atoms with Gasteiger partial charge in [0.2, 0.25) is 5.95 Å². The Kier molecular flexibility index (Phi) is 6.62. The van der Waals surface area contributed by atoms with E-state index in [-0.39, 0.29) is 12.1 Å². The Bertz CT molecular complexity index is 1350. The number of carbonyl (C=O) groups is 1. The monoisotopic (exact) mass is 540 g/mol. The summed E-state index contributed by atoms with van der Waals surface area (Å²) in [6.07, 6.45) is 5.42. The fraction of sp³-hybridized carbons (Fsp3) is 0.520. The molecular formula is C25H33ClN10O2. The van der Waals surface area contributed by atoms with Crippen LogP contribution >= 0.6 is 11.6 Å². The van der Waals surface area contributed by atoms with Crippen molar-refractivity contribution in [2.45, 2.75) is 50.9 Å². The smallest absolute Gasteiger partial charge is 0.407 e. The quantitative estimate of drug-likeness (QED) is 0.287. The molecule has 1 aromatic carbocycles. The molecule has 2 aliphatic carbocycles. The lowest BCUT2D eigenvalue weighted by atomic mass is 10.0. The van der Waals surface area contributed by atoms with Gasteiger partial charge in [-0.05, 0) is 55.2 Å². The van der Waals surface area contributed by atoms with Crippen LogP contribution in [0.5, 0.6) is 0 Å². The Labute approximate surface area is 225 Å². The van der Waals surface area contributed by atoms with E-state index in [1.54, 1.807) is 10.7 Å². The predicted molar refractivity (Wildman–Crippen MR) is 146 cm³/mol. The summed E-state index contributed by atoms with van der Waals surface area (Å²) in [6, 6.07) is 4.55. The molecule has 2 saturated carbocycles. The number of benzene rings is 1. The number of carbonyl (C=O) groups excluding carboxylic acids is 1. The third-order valence-electron chi connectivity index (χ3n) is 7.75. The molecule has 2 aromatic heterocycles. The summed E-state index contributed by atoms with van der Waals surface area (Å²) in [5, 5.41) is 15.0. The van der Waals surface area contributed by atoms with Crippen LogP contribution in [0.1, 0.15) is 36.9 Å². The van der Waals surface area contributed by atoms with Gasteiger partial charge in [-0.25, -0.2) is 14.3 Å². The zero-order valence-corrected chi connectivity index (χ0v) is 22.0. The highest BCUT2D eigenvalue weighted by molar-refractivity contribution is 6.36. The summed E-state index contributed by atoms with van der Waals surface area (Å²) in [5.74, 6) is 2.01. The Balaban J connectivity index is 1.26. The Hall–Kier alpha value is -3.35. The molecule has 0 spiro atoms. The normalized spacial score (nSPS) is 22.5. The third-order valence-corrected chi connectivity index (χ3v) is 8.15. The first-order chi connectivity index (χ1) is 18.4. The zero-order valence-electron chi connectivity index (χ0n) is 21.3. The van der Waals surface area contributed by atoms with E-state index in [1.165, 1.54) is 7.11 Å². The summed E-state index contributed by atoms with van der Waals surface area (Å²) in [5.41, 5.74) is 16.0. The number of fused-ring (bicyclic) bond motifs is 2.